The summed E-state index contributed by atoms with van der Waals surface area (Å²) >= 11 is 0. The molecular weight excluding hydrogens is 229 g/mol. The SMILES string of the molecule is Nc1ccc(C(F)(F)F)cc1-c1ccncc1. The van der Waals surface area contributed by atoms with E-state index in [1.165, 1.54) is 18.5 Å². The van der Waals surface area contributed by atoms with Crippen molar-refractivity contribution in [2.75, 3.05) is 5.73 Å². The summed E-state index contributed by atoms with van der Waals surface area (Å²) in [6.07, 6.45) is -1.35. The number of hydrogen-bond acceptors (Lipinski definition) is 2. The van der Waals surface area contributed by atoms with Gasteiger partial charge in [0.2, 0.25) is 0 Å². The molecule has 2 nitrogen and oxygen atoms in total. The Morgan fingerprint density at radius 2 is 1.65 bits per heavy atom. The van der Waals surface area contributed by atoms with Crippen molar-refractivity contribution < 1.29 is 13.2 Å². The number of hydrogen-bond donors (Lipinski definition) is 1. The molecule has 0 aliphatic rings. The van der Waals surface area contributed by atoms with E-state index < -0.39 is 11.7 Å². The van der Waals surface area contributed by atoms with Crippen LogP contribution in [0.15, 0.2) is 42.7 Å². The van der Waals surface area contributed by atoms with Gasteiger partial charge in [-0.3, -0.25) is 4.98 Å². The van der Waals surface area contributed by atoms with Crippen LogP contribution in [0.5, 0.6) is 0 Å². The van der Waals surface area contributed by atoms with E-state index in [0.29, 0.717) is 16.8 Å². The van der Waals surface area contributed by atoms with E-state index in [2.05, 4.69) is 4.98 Å². The van der Waals surface area contributed by atoms with Crippen molar-refractivity contribution >= 4 is 5.69 Å². The molecule has 0 spiro atoms. The largest absolute Gasteiger partial charge is 0.416 e. The summed E-state index contributed by atoms with van der Waals surface area (Å²) < 4.78 is 37.7. The molecule has 2 N–H and O–H groups in total. The van der Waals surface area contributed by atoms with Crippen LogP contribution in [0, 0.1) is 0 Å². The maximum absolute atomic E-state index is 12.6. The quantitative estimate of drug-likeness (QED) is 0.774. The first-order chi connectivity index (χ1) is 7.98. The van der Waals surface area contributed by atoms with Crippen molar-refractivity contribution in [3.8, 4) is 11.1 Å². The Balaban J connectivity index is 2.55. The third kappa shape index (κ3) is 2.38. The summed E-state index contributed by atoms with van der Waals surface area (Å²) in [4.78, 5) is 3.81. The second kappa shape index (κ2) is 4.08. The minimum atomic E-state index is -4.37. The number of aromatic nitrogens is 1. The lowest BCUT2D eigenvalue weighted by atomic mass is 10.0. The number of alkyl halides is 3. The van der Waals surface area contributed by atoms with Crippen LogP contribution in [0.3, 0.4) is 0 Å². The molecule has 0 atom stereocenters. The minimum Gasteiger partial charge on any atom is -0.398 e. The van der Waals surface area contributed by atoms with Crippen molar-refractivity contribution in [3.63, 3.8) is 0 Å². The normalized spacial score (nSPS) is 11.5. The molecular formula is C12H9F3N2. The number of anilines is 1. The van der Waals surface area contributed by atoms with E-state index in [9.17, 15) is 13.2 Å². The molecule has 0 aliphatic heterocycles. The van der Waals surface area contributed by atoms with Gasteiger partial charge >= 0.3 is 6.18 Å². The Hall–Kier alpha value is -2.04. The van der Waals surface area contributed by atoms with E-state index in [1.54, 1.807) is 12.1 Å². The molecule has 17 heavy (non-hydrogen) atoms. The highest BCUT2D eigenvalue weighted by molar-refractivity contribution is 5.76. The monoisotopic (exact) mass is 238 g/mol. The van der Waals surface area contributed by atoms with Gasteiger partial charge in [-0.25, -0.2) is 0 Å². The smallest absolute Gasteiger partial charge is 0.398 e. The van der Waals surface area contributed by atoms with Gasteiger partial charge in [-0.15, -0.1) is 0 Å². The van der Waals surface area contributed by atoms with Gasteiger partial charge in [-0.2, -0.15) is 13.2 Å². The predicted molar refractivity (Wildman–Crippen MR) is 59.1 cm³/mol. The van der Waals surface area contributed by atoms with E-state index in [4.69, 9.17) is 5.73 Å². The highest BCUT2D eigenvalue weighted by Crippen LogP contribution is 2.34. The van der Waals surface area contributed by atoms with Crippen LogP contribution in [-0.4, -0.2) is 4.98 Å². The molecule has 0 amide bonds. The van der Waals surface area contributed by atoms with E-state index in [-0.39, 0.29) is 0 Å². The maximum atomic E-state index is 12.6. The summed E-state index contributed by atoms with van der Waals surface area (Å²) in [5.74, 6) is 0. The number of halogens is 3. The first-order valence-corrected chi connectivity index (χ1v) is 4.85. The molecule has 0 bridgehead atoms. The fourth-order valence-corrected chi connectivity index (χ4v) is 1.51. The first kappa shape index (κ1) is 11.4. The zero-order chi connectivity index (χ0) is 12.5. The summed E-state index contributed by atoms with van der Waals surface area (Å²) in [5.41, 5.74) is 6.25. The highest BCUT2D eigenvalue weighted by atomic mass is 19.4. The number of nitrogen functional groups attached to an aromatic ring is 1. The van der Waals surface area contributed by atoms with Gasteiger partial charge in [-0.05, 0) is 35.9 Å². The lowest BCUT2D eigenvalue weighted by molar-refractivity contribution is -0.137. The van der Waals surface area contributed by atoms with E-state index >= 15 is 0 Å². The Bertz CT molecular complexity index is 521. The number of benzene rings is 1. The zero-order valence-corrected chi connectivity index (χ0v) is 8.70. The van der Waals surface area contributed by atoms with E-state index in [1.807, 2.05) is 0 Å². The van der Waals surface area contributed by atoms with Crippen LogP contribution in [0.2, 0.25) is 0 Å². The molecule has 0 aliphatic carbocycles. The van der Waals surface area contributed by atoms with Gasteiger partial charge in [0.25, 0.3) is 0 Å². The van der Waals surface area contributed by atoms with Gasteiger partial charge in [-0.1, -0.05) is 0 Å². The number of nitrogens with zero attached hydrogens (tertiary/aromatic N) is 1. The molecule has 0 radical (unpaired) electrons. The average Bonchev–Trinajstić information content (AvgIpc) is 2.29. The van der Waals surface area contributed by atoms with Crippen molar-refractivity contribution in [2.24, 2.45) is 0 Å². The second-order valence-electron chi connectivity index (χ2n) is 3.54. The van der Waals surface area contributed by atoms with Crippen molar-refractivity contribution in [1.82, 2.24) is 4.98 Å². The molecule has 1 aromatic heterocycles. The molecule has 2 aromatic rings. The van der Waals surface area contributed by atoms with Crippen LogP contribution >= 0.6 is 0 Å². The molecule has 5 heteroatoms. The molecule has 0 saturated heterocycles. The molecule has 1 heterocycles. The summed E-state index contributed by atoms with van der Waals surface area (Å²) in [7, 11) is 0. The van der Waals surface area contributed by atoms with Crippen molar-refractivity contribution in [2.45, 2.75) is 6.18 Å². The first-order valence-electron chi connectivity index (χ1n) is 4.85. The molecule has 0 fully saturated rings. The van der Waals surface area contributed by atoms with Crippen LogP contribution in [-0.2, 0) is 6.18 Å². The number of rotatable bonds is 1. The summed E-state index contributed by atoms with van der Waals surface area (Å²) in [6, 6.07) is 6.51. The van der Waals surface area contributed by atoms with E-state index in [0.717, 1.165) is 12.1 Å². The Morgan fingerprint density at radius 1 is 1.00 bits per heavy atom. The standard InChI is InChI=1S/C12H9F3N2/c13-12(14,15)9-1-2-11(16)10(7-9)8-3-5-17-6-4-8/h1-7H,16H2. The lowest BCUT2D eigenvalue weighted by Gasteiger charge is -2.11. The Labute approximate surface area is 95.9 Å². The predicted octanol–water partition coefficient (Wildman–Crippen LogP) is 3.35. The van der Waals surface area contributed by atoms with Crippen LogP contribution in [0.4, 0.5) is 18.9 Å². The number of nitrogens with two attached hydrogens (primary N) is 1. The average molecular weight is 238 g/mol. The fraction of sp³-hybridized carbons (Fsp3) is 0.0833. The fourth-order valence-electron chi connectivity index (χ4n) is 1.51. The minimum absolute atomic E-state index is 0.309. The summed E-state index contributed by atoms with van der Waals surface area (Å²) in [6.45, 7) is 0. The molecule has 1 aromatic carbocycles. The van der Waals surface area contributed by atoms with Gasteiger partial charge < -0.3 is 5.73 Å². The molecule has 2 rings (SSSR count). The van der Waals surface area contributed by atoms with Gasteiger partial charge in [0.05, 0.1) is 5.56 Å². The molecule has 0 unspecified atom stereocenters. The third-order valence-corrected chi connectivity index (χ3v) is 2.37. The van der Waals surface area contributed by atoms with Gasteiger partial charge in [0.1, 0.15) is 0 Å². The highest BCUT2D eigenvalue weighted by Gasteiger charge is 2.30. The third-order valence-electron chi connectivity index (χ3n) is 2.37. The van der Waals surface area contributed by atoms with Crippen LogP contribution in [0.25, 0.3) is 11.1 Å². The Morgan fingerprint density at radius 3 is 2.24 bits per heavy atom. The molecule has 88 valence electrons. The second-order valence-corrected chi connectivity index (χ2v) is 3.54. The van der Waals surface area contributed by atoms with Crippen molar-refractivity contribution in [1.29, 1.82) is 0 Å². The Kier molecular flexibility index (Phi) is 2.75. The number of pyridine rings is 1. The van der Waals surface area contributed by atoms with Gasteiger partial charge in [0, 0.05) is 23.6 Å². The summed E-state index contributed by atoms with van der Waals surface area (Å²) in [5, 5.41) is 0. The van der Waals surface area contributed by atoms with Gasteiger partial charge in [0.15, 0.2) is 0 Å². The topological polar surface area (TPSA) is 38.9 Å². The van der Waals surface area contributed by atoms with Crippen molar-refractivity contribution in [3.05, 3.63) is 48.3 Å². The van der Waals surface area contributed by atoms with Crippen LogP contribution < -0.4 is 5.73 Å². The molecule has 0 saturated carbocycles. The lowest BCUT2D eigenvalue weighted by Crippen LogP contribution is -2.05. The zero-order valence-electron chi connectivity index (χ0n) is 8.70. The maximum Gasteiger partial charge on any atom is 0.416 e. The van der Waals surface area contributed by atoms with Crippen LogP contribution in [0.1, 0.15) is 5.56 Å².